The molecule has 2 heterocycles. The number of hydrogen-bond acceptors (Lipinski definition) is 4. The van der Waals surface area contributed by atoms with Crippen LogP contribution >= 0.6 is 0 Å². The van der Waals surface area contributed by atoms with Gasteiger partial charge in [-0.05, 0) is 0 Å². The Kier molecular flexibility index (Phi) is 2.26. The highest BCUT2D eigenvalue weighted by molar-refractivity contribution is 5.59. The van der Waals surface area contributed by atoms with Crippen molar-refractivity contribution < 1.29 is 10.2 Å². The van der Waals surface area contributed by atoms with Crippen molar-refractivity contribution in [2.75, 3.05) is 0 Å². The third-order valence-electron chi connectivity index (χ3n) is 2.64. The molecule has 0 fully saturated rings. The zero-order valence-electron chi connectivity index (χ0n) is 9.30. The summed E-state index contributed by atoms with van der Waals surface area (Å²) in [5.74, 6) is 0.101. The molecule has 0 aliphatic rings. The second kappa shape index (κ2) is 3.92. The first-order chi connectivity index (χ1) is 8.75. The number of nitrogens with zero attached hydrogens (tertiary/aromatic N) is 4. The summed E-state index contributed by atoms with van der Waals surface area (Å²) < 4.78 is 3.24. The van der Waals surface area contributed by atoms with E-state index < -0.39 is 0 Å². The Bertz CT molecular complexity index is 600. The van der Waals surface area contributed by atoms with E-state index in [0.29, 0.717) is 11.4 Å². The van der Waals surface area contributed by atoms with E-state index in [0.717, 1.165) is 0 Å². The lowest BCUT2D eigenvalue weighted by Gasteiger charge is -2.10. The highest BCUT2D eigenvalue weighted by Crippen LogP contribution is 2.32. The average molecular weight is 242 g/mol. The number of hydrogen-bond donors (Lipinski definition) is 2. The van der Waals surface area contributed by atoms with Crippen molar-refractivity contribution in [3.63, 3.8) is 0 Å². The van der Waals surface area contributed by atoms with Crippen LogP contribution in [0.2, 0.25) is 0 Å². The minimum atomic E-state index is 0.0505. The van der Waals surface area contributed by atoms with E-state index in [-0.39, 0.29) is 11.5 Å². The van der Waals surface area contributed by atoms with E-state index in [1.165, 1.54) is 12.1 Å². The third-order valence-corrected chi connectivity index (χ3v) is 2.64. The summed E-state index contributed by atoms with van der Waals surface area (Å²) in [5.41, 5.74) is 0.933. The second-order valence-electron chi connectivity index (χ2n) is 3.77. The molecule has 0 unspecified atom stereocenters. The Morgan fingerprint density at radius 2 is 1.22 bits per heavy atom. The van der Waals surface area contributed by atoms with E-state index >= 15 is 0 Å². The van der Waals surface area contributed by atoms with Crippen LogP contribution in [0, 0.1) is 0 Å². The molecular weight excluding hydrogens is 232 g/mol. The summed E-state index contributed by atoms with van der Waals surface area (Å²) >= 11 is 0. The molecule has 0 radical (unpaired) electrons. The Morgan fingerprint density at radius 3 is 1.56 bits per heavy atom. The lowest BCUT2D eigenvalue weighted by atomic mass is 10.2. The van der Waals surface area contributed by atoms with Crippen LogP contribution < -0.4 is 0 Å². The molecule has 1 aromatic carbocycles. The maximum atomic E-state index is 9.99. The highest BCUT2D eigenvalue weighted by atomic mass is 16.3. The van der Waals surface area contributed by atoms with Crippen molar-refractivity contribution in [1.82, 2.24) is 19.1 Å². The van der Waals surface area contributed by atoms with E-state index in [1.54, 1.807) is 46.6 Å². The fourth-order valence-electron chi connectivity index (χ4n) is 1.77. The van der Waals surface area contributed by atoms with Gasteiger partial charge < -0.3 is 19.3 Å². The molecule has 2 aromatic heterocycles. The minimum absolute atomic E-state index is 0.0505. The van der Waals surface area contributed by atoms with Gasteiger partial charge in [0.15, 0.2) is 0 Å². The number of phenols is 2. The van der Waals surface area contributed by atoms with Gasteiger partial charge in [0.25, 0.3) is 0 Å². The second-order valence-corrected chi connectivity index (χ2v) is 3.77. The van der Waals surface area contributed by atoms with E-state index in [4.69, 9.17) is 0 Å². The fraction of sp³-hybridized carbons (Fsp3) is 0. The van der Waals surface area contributed by atoms with Gasteiger partial charge in [0.2, 0.25) is 0 Å². The van der Waals surface area contributed by atoms with Gasteiger partial charge >= 0.3 is 0 Å². The van der Waals surface area contributed by atoms with E-state index in [1.807, 2.05) is 0 Å². The van der Waals surface area contributed by atoms with Crippen LogP contribution in [0.25, 0.3) is 11.4 Å². The van der Waals surface area contributed by atoms with Crippen LogP contribution in [-0.2, 0) is 0 Å². The first kappa shape index (κ1) is 10.4. The Balaban J connectivity index is 2.15. The predicted octanol–water partition coefficient (Wildman–Crippen LogP) is 1.47. The molecule has 6 nitrogen and oxygen atoms in total. The number of aromatic nitrogens is 4. The van der Waals surface area contributed by atoms with Crippen molar-refractivity contribution in [2.45, 2.75) is 0 Å². The quantitative estimate of drug-likeness (QED) is 0.667. The van der Waals surface area contributed by atoms with Crippen LogP contribution in [0.5, 0.6) is 11.5 Å². The van der Waals surface area contributed by atoms with Gasteiger partial charge in [0, 0.05) is 36.9 Å². The number of benzene rings is 1. The maximum Gasteiger partial charge on any atom is 0.141 e. The smallest absolute Gasteiger partial charge is 0.141 e. The van der Waals surface area contributed by atoms with Gasteiger partial charge in [-0.3, -0.25) is 0 Å². The number of rotatable bonds is 2. The molecular formula is C12H10N4O2. The average Bonchev–Trinajstić information content (AvgIpc) is 3.02. The minimum Gasteiger partial charge on any atom is -0.506 e. The monoisotopic (exact) mass is 242 g/mol. The molecule has 0 atom stereocenters. The molecule has 0 amide bonds. The van der Waals surface area contributed by atoms with Crippen LogP contribution in [0.3, 0.4) is 0 Å². The molecule has 90 valence electrons. The Morgan fingerprint density at radius 1 is 0.778 bits per heavy atom. The molecule has 0 saturated heterocycles. The van der Waals surface area contributed by atoms with Gasteiger partial charge in [-0.25, -0.2) is 9.97 Å². The summed E-state index contributed by atoms with van der Waals surface area (Å²) in [6.45, 7) is 0. The van der Waals surface area contributed by atoms with Gasteiger partial charge in [0.1, 0.15) is 11.5 Å². The SMILES string of the molecule is Oc1cc(-n2ccnc2)c(O)cc1-n1ccnc1. The van der Waals surface area contributed by atoms with Gasteiger partial charge in [-0.2, -0.15) is 0 Å². The van der Waals surface area contributed by atoms with Crippen molar-refractivity contribution in [2.24, 2.45) is 0 Å². The summed E-state index contributed by atoms with van der Waals surface area (Å²) in [4.78, 5) is 7.79. The lowest BCUT2D eigenvalue weighted by Crippen LogP contribution is -1.95. The molecule has 0 saturated carbocycles. The predicted molar refractivity (Wildman–Crippen MR) is 64.0 cm³/mol. The van der Waals surface area contributed by atoms with Crippen molar-refractivity contribution in [3.8, 4) is 22.9 Å². The molecule has 3 aromatic rings. The molecule has 3 rings (SSSR count). The normalized spacial score (nSPS) is 10.7. The Labute approximate surface area is 102 Å². The van der Waals surface area contributed by atoms with Crippen molar-refractivity contribution in [3.05, 3.63) is 49.6 Å². The van der Waals surface area contributed by atoms with Crippen LogP contribution in [-0.4, -0.2) is 29.3 Å². The van der Waals surface area contributed by atoms with Crippen molar-refractivity contribution >= 4 is 0 Å². The maximum absolute atomic E-state index is 9.99. The fourth-order valence-corrected chi connectivity index (χ4v) is 1.77. The first-order valence-corrected chi connectivity index (χ1v) is 5.28. The van der Waals surface area contributed by atoms with Crippen LogP contribution in [0.1, 0.15) is 0 Å². The Hall–Kier alpha value is -2.76. The first-order valence-electron chi connectivity index (χ1n) is 5.28. The summed E-state index contributed by atoms with van der Waals surface area (Å²) in [6.07, 6.45) is 9.66. The molecule has 0 bridgehead atoms. The summed E-state index contributed by atoms with van der Waals surface area (Å²) in [7, 11) is 0. The largest absolute Gasteiger partial charge is 0.506 e. The molecule has 0 aliphatic carbocycles. The topological polar surface area (TPSA) is 76.1 Å². The summed E-state index contributed by atoms with van der Waals surface area (Å²) in [6, 6.07) is 2.96. The van der Waals surface area contributed by atoms with Crippen LogP contribution in [0.15, 0.2) is 49.6 Å². The number of imidazole rings is 2. The van der Waals surface area contributed by atoms with Gasteiger partial charge in [-0.1, -0.05) is 0 Å². The van der Waals surface area contributed by atoms with E-state index in [2.05, 4.69) is 9.97 Å². The molecule has 2 N–H and O–H groups in total. The number of aromatic hydroxyl groups is 2. The van der Waals surface area contributed by atoms with Gasteiger partial charge in [-0.15, -0.1) is 0 Å². The zero-order valence-corrected chi connectivity index (χ0v) is 9.30. The standard InChI is InChI=1S/C12H10N4O2/c17-11-6-10(16-4-2-14-8-16)12(18)5-9(11)15-3-1-13-7-15/h1-8,17-18H. The molecule has 0 spiro atoms. The number of phenolic OH excluding ortho intramolecular Hbond substituents is 2. The van der Waals surface area contributed by atoms with Crippen LogP contribution in [0.4, 0.5) is 0 Å². The summed E-state index contributed by atoms with van der Waals surface area (Å²) in [5, 5.41) is 20.0. The highest BCUT2D eigenvalue weighted by Gasteiger charge is 2.11. The third kappa shape index (κ3) is 1.60. The zero-order chi connectivity index (χ0) is 12.5. The van der Waals surface area contributed by atoms with Gasteiger partial charge in [0.05, 0.1) is 24.0 Å². The van der Waals surface area contributed by atoms with Crippen molar-refractivity contribution in [1.29, 1.82) is 0 Å². The lowest BCUT2D eigenvalue weighted by molar-refractivity contribution is 0.455. The molecule has 0 aliphatic heterocycles. The molecule has 6 heteroatoms. The van der Waals surface area contributed by atoms with E-state index in [9.17, 15) is 10.2 Å². The molecule has 18 heavy (non-hydrogen) atoms.